The van der Waals surface area contributed by atoms with Crippen molar-refractivity contribution < 1.29 is 18.7 Å². The average Bonchev–Trinajstić information content (AvgIpc) is 3.14. The number of nitrogens with zero attached hydrogens (tertiary/aromatic N) is 1. The lowest BCUT2D eigenvalue weighted by Crippen LogP contribution is -2.21. The number of allylic oxidation sites excluding steroid dienone is 1. The topological polar surface area (TPSA) is 98.5 Å². The van der Waals surface area contributed by atoms with Gasteiger partial charge in [-0.05, 0) is 42.8 Å². The molecule has 6 nitrogen and oxygen atoms in total. The Morgan fingerprint density at radius 2 is 1.94 bits per heavy atom. The number of fused-ring (bicyclic) bond motifs is 2. The van der Waals surface area contributed by atoms with Crippen LogP contribution in [0.2, 0.25) is 5.02 Å². The van der Waals surface area contributed by atoms with Gasteiger partial charge in [0.1, 0.15) is 28.7 Å². The smallest absolute Gasteiger partial charge is 0.379 e. The summed E-state index contributed by atoms with van der Waals surface area (Å²) in [5.74, 6) is -0.436. The fourth-order valence-corrected chi connectivity index (χ4v) is 4.66. The highest BCUT2D eigenvalue weighted by atomic mass is 79.9. The van der Waals surface area contributed by atoms with Crippen molar-refractivity contribution in [1.29, 1.82) is 5.26 Å². The molecule has 1 aliphatic heterocycles. The van der Waals surface area contributed by atoms with Crippen LogP contribution in [-0.4, -0.2) is 5.97 Å². The molecule has 1 aromatic heterocycles. The Hall–Kier alpha value is -3.73. The van der Waals surface area contributed by atoms with Gasteiger partial charge in [0.05, 0.1) is 5.92 Å². The van der Waals surface area contributed by atoms with Crippen LogP contribution in [0.25, 0.3) is 11.0 Å². The predicted octanol–water partition coefficient (Wildman–Crippen LogP) is 6.59. The third-order valence-electron chi connectivity index (χ3n) is 5.70. The van der Waals surface area contributed by atoms with E-state index in [1.807, 2.05) is 30.3 Å². The first kappa shape index (κ1) is 22.1. The van der Waals surface area contributed by atoms with E-state index in [9.17, 15) is 10.1 Å². The zero-order valence-electron chi connectivity index (χ0n) is 17.8. The molecular weight excluding hydrogens is 520 g/mol. The van der Waals surface area contributed by atoms with Crippen molar-refractivity contribution in [2.75, 3.05) is 0 Å². The Kier molecular flexibility index (Phi) is 5.56. The molecule has 1 atom stereocenters. The van der Waals surface area contributed by atoms with Crippen molar-refractivity contribution in [2.24, 2.45) is 5.73 Å². The lowest BCUT2D eigenvalue weighted by Gasteiger charge is -2.27. The number of hydrogen-bond donors (Lipinski definition) is 1. The van der Waals surface area contributed by atoms with E-state index in [-0.39, 0.29) is 23.0 Å². The van der Waals surface area contributed by atoms with Gasteiger partial charge in [-0.2, -0.15) is 5.26 Å². The van der Waals surface area contributed by atoms with Crippen molar-refractivity contribution in [3.8, 4) is 17.6 Å². The Balaban J connectivity index is 1.50. The van der Waals surface area contributed by atoms with Gasteiger partial charge in [0.25, 0.3) is 0 Å². The SMILES string of the molecule is Cc1c(C(=O)Oc2ccc3c(c2)OC(N)=C(C#N)C3c2ccccc2Cl)oc2cc(Br)ccc12. The first-order chi connectivity index (χ1) is 16.4. The normalized spacial score (nSPS) is 14.9. The lowest BCUT2D eigenvalue weighted by atomic mass is 9.83. The summed E-state index contributed by atoms with van der Waals surface area (Å²) in [7, 11) is 0. The molecule has 0 radical (unpaired) electrons. The Bertz CT molecular complexity index is 1550. The fourth-order valence-electron chi connectivity index (χ4n) is 4.08. The largest absolute Gasteiger partial charge is 0.449 e. The zero-order valence-corrected chi connectivity index (χ0v) is 20.1. The van der Waals surface area contributed by atoms with Gasteiger partial charge >= 0.3 is 5.97 Å². The second kappa shape index (κ2) is 8.56. The van der Waals surface area contributed by atoms with E-state index in [1.54, 1.807) is 37.3 Å². The molecule has 1 aliphatic rings. The Labute approximate surface area is 208 Å². The average molecular weight is 536 g/mol. The second-order valence-electron chi connectivity index (χ2n) is 7.73. The van der Waals surface area contributed by atoms with Gasteiger partial charge < -0.3 is 19.6 Å². The summed E-state index contributed by atoms with van der Waals surface area (Å²) in [5, 5.41) is 11.0. The van der Waals surface area contributed by atoms with Crippen molar-refractivity contribution in [1.82, 2.24) is 0 Å². The van der Waals surface area contributed by atoms with Gasteiger partial charge in [0.2, 0.25) is 11.6 Å². The number of aryl methyl sites for hydroxylation is 1. The lowest BCUT2D eigenvalue weighted by molar-refractivity contribution is 0.0702. The van der Waals surface area contributed by atoms with E-state index >= 15 is 0 Å². The summed E-state index contributed by atoms with van der Waals surface area (Å²) >= 11 is 9.82. The van der Waals surface area contributed by atoms with Gasteiger partial charge in [-0.15, -0.1) is 0 Å². The molecule has 1 unspecified atom stereocenters. The number of benzene rings is 3. The van der Waals surface area contributed by atoms with Crippen LogP contribution in [-0.2, 0) is 0 Å². The minimum absolute atomic E-state index is 0.0258. The van der Waals surface area contributed by atoms with Gasteiger partial charge in [-0.25, -0.2) is 4.79 Å². The molecule has 2 N–H and O–H groups in total. The molecule has 0 saturated heterocycles. The minimum atomic E-state index is -0.635. The number of nitriles is 1. The molecule has 0 fully saturated rings. The van der Waals surface area contributed by atoms with Crippen molar-refractivity contribution >= 4 is 44.5 Å². The fraction of sp³-hybridized carbons (Fsp3) is 0.0769. The Morgan fingerprint density at radius 1 is 1.15 bits per heavy atom. The maximum absolute atomic E-state index is 12.9. The standard InChI is InChI=1S/C26H16BrClN2O4/c1-13-16-8-6-14(27)10-21(16)33-24(13)26(31)32-15-7-9-18-22(11-15)34-25(30)19(12-29)23(18)17-4-2-3-5-20(17)28/h2-11,23H,30H2,1H3. The summed E-state index contributed by atoms with van der Waals surface area (Å²) in [4.78, 5) is 12.9. The number of carbonyl (C=O) groups is 1. The molecule has 0 aliphatic carbocycles. The van der Waals surface area contributed by atoms with Crippen LogP contribution in [0, 0.1) is 18.3 Å². The van der Waals surface area contributed by atoms with Crippen molar-refractivity contribution in [2.45, 2.75) is 12.8 Å². The maximum atomic E-state index is 12.9. The first-order valence-corrected chi connectivity index (χ1v) is 11.4. The highest BCUT2D eigenvalue weighted by Crippen LogP contribution is 2.45. The van der Waals surface area contributed by atoms with Gasteiger partial charge in [0, 0.05) is 32.1 Å². The molecule has 0 bridgehead atoms. The summed E-state index contributed by atoms with van der Waals surface area (Å²) in [6, 6.07) is 19.8. The quantitative estimate of drug-likeness (QED) is 0.235. The van der Waals surface area contributed by atoms with E-state index in [2.05, 4.69) is 22.0 Å². The van der Waals surface area contributed by atoms with Crippen LogP contribution in [0.1, 0.15) is 33.2 Å². The Morgan fingerprint density at radius 3 is 2.71 bits per heavy atom. The number of nitrogens with two attached hydrogens (primary N) is 1. The van der Waals surface area contributed by atoms with E-state index in [0.717, 1.165) is 15.4 Å². The molecule has 2 heterocycles. The molecule has 34 heavy (non-hydrogen) atoms. The molecule has 4 aromatic rings. The number of carbonyl (C=O) groups excluding carboxylic acids is 1. The molecular formula is C26H16BrClN2O4. The number of ether oxygens (including phenoxy) is 2. The molecule has 0 spiro atoms. The van der Waals surface area contributed by atoms with Crippen molar-refractivity contribution in [3.63, 3.8) is 0 Å². The highest BCUT2D eigenvalue weighted by Gasteiger charge is 2.32. The van der Waals surface area contributed by atoms with E-state index in [0.29, 0.717) is 27.5 Å². The number of esters is 1. The minimum Gasteiger partial charge on any atom is -0.449 e. The van der Waals surface area contributed by atoms with Gasteiger partial charge in [-0.1, -0.05) is 51.8 Å². The van der Waals surface area contributed by atoms with Crippen LogP contribution in [0.15, 0.2) is 81.0 Å². The maximum Gasteiger partial charge on any atom is 0.379 e. The number of furan rings is 1. The monoisotopic (exact) mass is 534 g/mol. The third-order valence-corrected chi connectivity index (χ3v) is 6.54. The van der Waals surface area contributed by atoms with Crippen LogP contribution < -0.4 is 15.2 Å². The van der Waals surface area contributed by atoms with E-state index < -0.39 is 11.9 Å². The summed E-state index contributed by atoms with van der Waals surface area (Å²) in [5.41, 5.74) is 9.00. The molecule has 8 heteroatoms. The van der Waals surface area contributed by atoms with E-state index in [4.69, 9.17) is 31.2 Å². The highest BCUT2D eigenvalue weighted by molar-refractivity contribution is 9.10. The van der Waals surface area contributed by atoms with Gasteiger partial charge in [0.15, 0.2) is 0 Å². The number of rotatable bonds is 3. The van der Waals surface area contributed by atoms with Crippen LogP contribution in [0.4, 0.5) is 0 Å². The first-order valence-electron chi connectivity index (χ1n) is 10.2. The molecule has 5 rings (SSSR count). The van der Waals surface area contributed by atoms with Crippen LogP contribution >= 0.6 is 27.5 Å². The van der Waals surface area contributed by atoms with Crippen LogP contribution in [0.3, 0.4) is 0 Å². The number of hydrogen-bond acceptors (Lipinski definition) is 6. The predicted molar refractivity (Wildman–Crippen MR) is 131 cm³/mol. The zero-order chi connectivity index (χ0) is 24.0. The van der Waals surface area contributed by atoms with Gasteiger partial charge in [-0.3, -0.25) is 0 Å². The number of halogens is 2. The third kappa shape index (κ3) is 3.71. The molecule has 0 amide bonds. The van der Waals surface area contributed by atoms with Crippen LogP contribution in [0.5, 0.6) is 11.5 Å². The molecule has 0 saturated carbocycles. The van der Waals surface area contributed by atoms with Crippen molar-refractivity contribution in [3.05, 3.63) is 104 Å². The molecule has 3 aromatic carbocycles. The summed E-state index contributed by atoms with van der Waals surface area (Å²) < 4.78 is 17.9. The second-order valence-corrected chi connectivity index (χ2v) is 9.06. The summed E-state index contributed by atoms with van der Waals surface area (Å²) in [6.45, 7) is 1.80. The summed E-state index contributed by atoms with van der Waals surface area (Å²) in [6.07, 6.45) is 0. The van der Waals surface area contributed by atoms with E-state index in [1.165, 1.54) is 0 Å². The molecule has 168 valence electrons.